The van der Waals surface area contributed by atoms with E-state index < -0.39 is 31.9 Å². The number of nitrogens with zero attached hydrogens (tertiary/aromatic N) is 3. The van der Waals surface area contributed by atoms with Crippen LogP contribution in [0.1, 0.15) is 36.9 Å². The zero-order chi connectivity index (χ0) is 22.2. The lowest BCUT2D eigenvalue weighted by Crippen LogP contribution is -2.20. The van der Waals surface area contributed by atoms with Gasteiger partial charge < -0.3 is 15.2 Å². The van der Waals surface area contributed by atoms with Crippen molar-refractivity contribution in [3.8, 4) is 11.8 Å². The quantitative estimate of drug-likeness (QED) is 0.362. The second-order valence-corrected chi connectivity index (χ2v) is 9.89. The van der Waals surface area contributed by atoms with Gasteiger partial charge in [-0.2, -0.15) is 4.40 Å². The summed E-state index contributed by atoms with van der Waals surface area (Å²) in [5.41, 5.74) is -0.932. The summed E-state index contributed by atoms with van der Waals surface area (Å²) in [5.74, 6) is 4.54. The third-order valence-corrected chi connectivity index (χ3v) is 7.04. The Hall–Kier alpha value is -2.93. The molecule has 4 rings (SSSR count). The van der Waals surface area contributed by atoms with Crippen molar-refractivity contribution in [1.82, 2.24) is 9.38 Å². The molecule has 160 valence electrons. The van der Waals surface area contributed by atoms with Crippen LogP contribution in [-0.4, -0.2) is 33.4 Å². The number of sulfone groups is 1. The maximum atomic E-state index is 12.8. The van der Waals surface area contributed by atoms with Gasteiger partial charge in [0.2, 0.25) is 5.65 Å². The van der Waals surface area contributed by atoms with Gasteiger partial charge in [-0.3, -0.25) is 0 Å². The van der Waals surface area contributed by atoms with Gasteiger partial charge in [0, 0.05) is 0 Å². The number of fused-ring (bicyclic) bond motifs is 1. The molecule has 1 aliphatic rings. The Labute approximate surface area is 183 Å². The molecule has 31 heavy (non-hydrogen) atoms. The van der Waals surface area contributed by atoms with Crippen LogP contribution < -0.4 is 0 Å². The molecule has 1 saturated carbocycles. The third-order valence-electron chi connectivity index (χ3n) is 5.19. The van der Waals surface area contributed by atoms with Gasteiger partial charge in [0.25, 0.3) is 0 Å². The van der Waals surface area contributed by atoms with Crippen molar-refractivity contribution in [2.75, 3.05) is 0 Å². The van der Waals surface area contributed by atoms with Crippen LogP contribution in [0.3, 0.4) is 0 Å². The molecule has 1 aromatic carbocycles. The minimum absolute atomic E-state index is 0.0443. The fraction of sp³-hybridized carbons (Fsp3) is 0.286. The van der Waals surface area contributed by atoms with E-state index in [4.69, 9.17) is 11.6 Å². The standard InChI is InChI=1S/C21H18ClN3O5S/c22-16-12-15(8-11-21(26)9-4-5-10-21)19-23-18(20(25(27)28)24(19)13-16)14-31(29,30)17-6-2-1-3-7-17/h1-3,6-7,12-13,26H,4-5,9-10,14H2. The highest BCUT2D eigenvalue weighted by Crippen LogP contribution is 2.30. The first-order valence-corrected chi connectivity index (χ1v) is 11.6. The molecule has 0 amide bonds. The average Bonchev–Trinajstić information content (AvgIpc) is 3.30. The fourth-order valence-electron chi connectivity index (χ4n) is 3.69. The SMILES string of the molecule is O=[N+]([O-])c1c(CS(=O)(=O)c2ccccc2)nc2c(C#CC3(O)CCCC3)cc(Cl)cn12. The molecule has 3 aromatic rings. The second kappa shape index (κ2) is 7.96. The lowest BCUT2D eigenvalue weighted by atomic mass is 10.0. The molecule has 0 bridgehead atoms. The predicted molar refractivity (Wildman–Crippen MR) is 114 cm³/mol. The van der Waals surface area contributed by atoms with Crippen LogP contribution in [0.4, 0.5) is 5.82 Å². The van der Waals surface area contributed by atoms with E-state index in [9.17, 15) is 23.6 Å². The van der Waals surface area contributed by atoms with Crippen molar-refractivity contribution in [1.29, 1.82) is 0 Å². The Morgan fingerprint density at radius 2 is 1.94 bits per heavy atom. The Morgan fingerprint density at radius 1 is 1.26 bits per heavy atom. The molecule has 1 N–H and O–H groups in total. The fourth-order valence-corrected chi connectivity index (χ4v) is 5.19. The molecular formula is C21H18ClN3O5S. The van der Waals surface area contributed by atoms with E-state index in [-0.39, 0.29) is 26.8 Å². The summed E-state index contributed by atoms with van der Waals surface area (Å²) in [6, 6.07) is 9.17. The van der Waals surface area contributed by atoms with Crippen molar-refractivity contribution in [2.45, 2.75) is 41.9 Å². The molecule has 0 aliphatic heterocycles. The number of hydrogen-bond donors (Lipinski definition) is 1. The highest BCUT2D eigenvalue weighted by atomic mass is 35.5. The Morgan fingerprint density at radius 3 is 2.58 bits per heavy atom. The zero-order valence-electron chi connectivity index (χ0n) is 16.3. The highest BCUT2D eigenvalue weighted by Gasteiger charge is 2.31. The number of rotatable bonds is 4. The van der Waals surface area contributed by atoms with Crippen LogP contribution in [0.5, 0.6) is 0 Å². The van der Waals surface area contributed by atoms with Crippen LogP contribution in [0.15, 0.2) is 47.5 Å². The summed E-state index contributed by atoms with van der Waals surface area (Å²) >= 11 is 6.15. The van der Waals surface area contributed by atoms with E-state index in [0.29, 0.717) is 12.8 Å². The number of halogens is 1. The molecule has 8 nitrogen and oxygen atoms in total. The van der Waals surface area contributed by atoms with E-state index in [2.05, 4.69) is 16.8 Å². The van der Waals surface area contributed by atoms with Crippen molar-refractivity contribution in [3.05, 3.63) is 69.0 Å². The van der Waals surface area contributed by atoms with Gasteiger partial charge in [0.15, 0.2) is 15.5 Å². The molecule has 0 saturated heterocycles. The van der Waals surface area contributed by atoms with Gasteiger partial charge in [-0.15, -0.1) is 0 Å². The maximum absolute atomic E-state index is 12.8. The largest absolute Gasteiger partial charge is 0.378 e. The van der Waals surface area contributed by atoms with E-state index in [1.54, 1.807) is 18.2 Å². The number of hydrogen-bond acceptors (Lipinski definition) is 6. The number of pyridine rings is 1. The van der Waals surface area contributed by atoms with Crippen molar-refractivity contribution in [2.24, 2.45) is 0 Å². The van der Waals surface area contributed by atoms with Crippen LogP contribution in [0, 0.1) is 22.0 Å². The Balaban J connectivity index is 1.85. The maximum Gasteiger partial charge on any atom is 0.352 e. The number of imidazole rings is 1. The van der Waals surface area contributed by atoms with Gasteiger partial charge in [-0.1, -0.05) is 41.6 Å². The minimum Gasteiger partial charge on any atom is -0.378 e. The van der Waals surface area contributed by atoms with E-state index in [1.165, 1.54) is 24.4 Å². The number of aliphatic hydroxyl groups is 1. The van der Waals surface area contributed by atoms with Crippen LogP contribution in [0.2, 0.25) is 5.02 Å². The highest BCUT2D eigenvalue weighted by molar-refractivity contribution is 7.90. The summed E-state index contributed by atoms with van der Waals surface area (Å²) in [5, 5.41) is 22.5. The monoisotopic (exact) mass is 459 g/mol. The van der Waals surface area contributed by atoms with E-state index in [1.807, 2.05) is 0 Å². The van der Waals surface area contributed by atoms with Gasteiger partial charge >= 0.3 is 5.82 Å². The second-order valence-electron chi connectivity index (χ2n) is 7.47. The first-order valence-electron chi connectivity index (χ1n) is 9.57. The van der Waals surface area contributed by atoms with Gasteiger partial charge in [0.05, 0.1) is 15.5 Å². The van der Waals surface area contributed by atoms with E-state index in [0.717, 1.165) is 17.2 Å². The molecule has 2 aromatic heterocycles. The first kappa shape index (κ1) is 21.3. The molecule has 0 radical (unpaired) electrons. The van der Waals surface area contributed by atoms with Crippen LogP contribution >= 0.6 is 11.6 Å². The average molecular weight is 460 g/mol. The summed E-state index contributed by atoms with van der Waals surface area (Å²) in [6.07, 6.45) is 4.13. The minimum atomic E-state index is -3.86. The van der Waals surface area contributed by atoms with Gasteiger partial charge in [0.1, 0.15) is 17.6 Å². The molecule has 1 fully saturated rings. The van der Waals surface area contributed by atoms with E-state index >= 15 is 0 Å². The molecule has 10 heteroatoms. The molecule has 2 heterocycles. The lowest BCUT2D eigenvalue weighted by molar-refractivity contribution is -0.391. The molecular weight excluding hydrogens is 442 g/mol. The molecule has 0 spiro atoms. The van der Waals surface area contributed by atoms with Crippen molar-refractivity contribution < 1.29 is 18.4 Å². The molecule has 0 atom stereocenters. The van der Waals surface area contributed by atoms with Crippen LogP contribution in [0.25, 0.3) is 5.65 Å². The smallest absolute Gasteiger partial charge is 0.352 e. The Kier molecular flexibility index (Phi) is 5.47. The first-order chi connectivity index (χ1) is 14.7. The topological polar surface area (TPSA) is 115 Å². The van der Waals surface area contributed by atoms with Gasteiger partial charge in [-0.05, 0) is 48.8 Å². The molecule has 0 unspecified atom stereocenters. The third kappa shape index (κ3) is 4.28. The summed E-state index contributed by atoms with van der Waals surface area (Å²) in [7, 11) is -3.86. The predicted octanol–water partition coefficient (Wildman–Crippen LogP) is 3.53. The van der Waals surface area contributed by atoms with Gasteiger partial charge in [-0.25, -0.2) is 13.4 Å². The number of benzene rings is 1. The summed E-state index contributed by atoms with van der Waals surface area (Å²) in [6.45, 7) is 0. The van der Waals surface area contributed by atoms with Crippen molar-refractivity contribution in [3.63, 3.8) is 0 Å². The number of nitro groups is 1. The molecule has 1 aliphatic carbocycles. The zero-order valence-corrected chi connectivity index (χ0v) is 17.9. The summed E-state index contributed by atoms with van der Waals surface area (Å²) in [4.78, 5) is 15.4. The van der Waals surface area contributed by atoms with Crippen molar-refractivity contribution >= 4 is 32.9 Å². The Bertz CT molecular complexity index is 1330. The normalized spacial score (nSPS) is 15.5. The summed E-state index contributed by atoms with van der Waals surface area (Å²) < 4.78 is 26.7. The number of aromatic nitrogens is 2. The van der Waals surface area contributed by atoms with Crippen LogP contribution in [-0.2, 0) is 15.6 Å². The lowest BCUT2D eigenvalue weighted by Gasteiger charge is -2.12.